The summed E-state index contributed by atoms with van der Waals surface area (Å²) in [7, 11) is 0. The second kappa shape index (κ2) is 2.98. The van der Waals surface area contributed by atoms with Gasteiger partial charge >= 0.3 is 5.97 Å². The Kier molecular flexibility index (Phi) is 1.92. The molecule has 72 valence electrons. The summed E-state index contributed by atoms with van der Waals surface area (Å²) in [5, 5.41) is 12.8. The van der Waals surface area contributed by atoms with Crippen molar-refractivity contribution in [1.82, 2.24) is 9.61 Å². The zero-order valence-corrected chi connectivity index (χ0v) is 8.52. The minimum atomic E-state index is -1.07. The average Bonchev–Trinajstić information content (AvgIpc) is 2.40. The number of nitrogens with two attached hydrogens (primary N) is 1. The fourth-order valence-corrected chi connectivity index (χ4v) is 1.59. The summed E-state index contributed by atoms with van der Waals surface area (Å²) in [6.45, 7) is 0. The van der Waals surface area contributed by atoms with E-state index in [0.717, 1.165) is 4.47 Å². The van der Waals surface area contributed by atoms with Gasteiger partial charge in [0.25, 0.3) is 0 Å². The van der Waals surface area contributed by atoms with Gasteiger partial charge in [0.05, 0.1) is 5.52 Å². The van der Waals surface area contributed by atoms with E-state index in [1.807, 2.05) is 0 Å². The van der Waals surface area contributed by atoms with Crippen molar-refractivity contribution < 1.29 is 9.90 Å². The Hall–Kier alpha value is -1.56. The molecule has 0 radical (unpaired) electrons. The number of rotatable bonds is 1. The van der Waals surface area contributed by atoms with Crippen molar-refractivity contribution in [3.8, 4) is 0 Å². The fraction of sp³-hybridized carbons (Fsp3) is 0. The van der Waals surface area contributed by atoms with Gasteiger partial charge in [-0.05, 0) is 12.1 Å². The molecule has 0 saturated heterocycles. The zero-order chi connectivity index (χ0) is 10.3. The quantitative estimate of drug-likeness (QED) is 0.807. The van der Waals surface area contributed by atoms with Crippen LogP contribution in [0, 0.1) is 0 Å². The molecular weight excluding hydrogens is 250 g/mol. The van der Waals surface area contributed by atoms with E-state index in [2.05, 4.69) is 21.0 Å². The molecule has 0 amide bonds. The van der Waals surface area contributed by atoms with Crippen LogP contribution in [0.4, 0.5) is 5.82 Å². The predicted molar refractivity (Wildman–Crippen MR) is 54.3 cm³/mol. The van der Waals surface area contributed by atoms with Crippen LogP contribution in [0.5, 0.6) is 0 Å². The number of fused-ring (bicyclic) bond motifs is 1. The summed E-state index contributed by atoms with van der Waals surface area (Å²) in [4.78, 5) is 10.9. The molecule has 0 aliphatic carbocycles. The maximum absolute atomic E-state index is 10.9. The molecule has 2 aromatic heterocycles. The Bertz CT molecular complexity index is 521. The molecule has 6 heteroatoms. The van der Waals surface area contributed by atoms with Crippen molar-refractivity contribution in [2.24, 2.45) is 0 Å². The number of nitrogens with zero attached hydrogens (tertiary/aromatic N) is 2. The Morgan fingerprint density at radius 2 is 2.36 bits per heavy atom. The zero-order valence-electron chi connectivity index (χ0n) is 6.94. The third kappa shape index (κ3) is 1.24. The minimum absolute atomic E-state index is 0.0237. The standard InChI is InChI=1S/C8H6BrN3O2/c9-4-1-2-12-5(3-4)6(8(13)14)7(10)11-12/h1-3H,(H2,10,11)(H,13,14). The third-order valence-electron chi connectivity index (χ3n) is 1.84. The van der Waals surface area contributed by atoms with E-state index in [1.165, 1.54) is 4.52 Å². The Balaban J connectivity index is 2.86. The van der Waals surface area contributed by atoms with Crippen molar-refractivity contribution in [3.05, 3.63) is 28.4 Å². The predicted octanol–water partition coefficient (Wildman–Crippen LogP) is 1.38. The second-order valence-electron chi connectivity index (χ2n) is 2.74. The van der Waals surface area contributed by atoms with Gasteiger partial charge in [0.1, 0.15) is 5.56 Å². The lowest BCUT2D eigenvalue weighted by Crippen LogP contribution is -1.99. The first-order chi connectivity index (χ1) is 6.59. The van der Waals surface area contributed by atoms with Crippen LogP contribution in [0.2, 0.25) is 0 Å². The van der Waals surface area contributed by atoms with E-state index in [1.54, 1.807) is 18.3 Å². The van der Waals surface area contributed by atoms with Crippen LogP contribution in [-0.2, 0) is 0 Å². The molecule has 0 aliphatic rings. The molecule has 0 aliphatic heterocycles. The molecule has 0 unspecified atom stereocenters. The fourth-order valence-electron chi connectivity index (χ4n) is 1.26. The van der Waals surface area contributed by atoms with Crippen LogP contribution in [0.3, 0.4) is 0 Å². The van der Waals surface area contributed by atoms with Gasteiger partial charge in [0, 0.05) is 10.7 Å². The summed E-state index contributed by atoms with van der Waals surface area (Å²) >= 11 is 3.25. The van der Waals surface area contributed by atoms with Crippen LogP contribution in [0.25, 0.3) is 5.52 Å². The van der Waals surface area contributed by atoms with Crippen LogP contribution in [0.15, 0.2) is 22.8 Å². The number of hydrogen-bond acceptors (Lipinski definition) is 3. The first-order valence-electron chi connectivity index (χ1n) is 3.76. The third-order valence-corrected chi connectivity index (χ3v) is 2.33. The van der Waals surface area contributed by atoms with Gasteiger partial charge in [-0.1, -0.05) is 15.9 Å². The highest BCUT2D eigenvalue weighted by Gasteiger charge is 2.16. The summed E-state index contributed by atoms with van der Waals surface area (Å²) < 4.78 is 2.22. The van der Waals surface area contributed by atoms with Gasteiger partial charge in [-0.2, -0.15) is 0 Å². The molecule has 0 fully saturated rings. The summed E-state index contributed by atoms with van der Waals surface area (Å²) in [6, 6.07) is 3.41. The van der Waals surface area contributed by atoms with E-state index in [4.69, 9.17) is 10.8 Å². The lowest BCUT2D eigenvalue weighted by molar-refractivity contribution is 0.0700. The molecule has 0 saturated carbocycles. The smallest absolute Gasteiger partial charge is 0.341 e. The number of carboxylic acid groups (broad SMARTS) is 1. The molecule has 3 N–H and O–H groups in total. The molecule has 2 heterocycles. The molecule has 2 aromatic rings. The van der Waals surface area contributed by atoms with Crippen molar-refractivity contribution in [3.63, 3.8) is 0 Å². The number of aromatic nitrogens is 2. The van der Waals surface area contributed by atoms with E-state index in [0.29, 0.717) is 5.52 Å². The number of nitrogen functional groups attached to an aromatic ring is 1. The van der Waals surface area contributed by atoms with Crippen LogP contribution < -0.4 is 5.73 Å². The summed E-state index contributed by atoms with van der Waals surface area (Å²) in [5.41, 5.74) is 5.99. The van der Waals surface area contributed by atoms with Crippen LogP contribution >= 0.6 is 15.9 Å². The van der Waals surface area contributed by atoms with E-state index >= 15 is 0 Å². The van der Waals surface area contributed by atoms with E-state index < -0.39 is 5.97 Å². The highest BCUT2D eigenvalue weighted by molar-refractivity contribution is 9.10. The van der Waals surface area contributed by atoms with Crippen LogP contribution in [-0.4, -0.2) is 20.7 Å². The van der Waals surface area contributed by atoms with Gasteiger partial charge in [-0.3, -0.25) is 0 Å². The molecule has 0 atom stereocenters. The van der Waals surface area contributed by atoms with Gasteiger partial charge in [-0.15, -0.1) is 5.10 Å². The van der Waals surface area contributed by atoms with Gasteiger partial charge in [-0.25, -0.2) is 9.31 Å². The topological polar surface area (TPSA) is 80.6 Å². The van der Waals surface area contributed by atoms with Crippen molar-refractivity contribution in [1.29, 1.82) is 0 Å². The average molecular weight is 256 g/mol. The molecule has 0 aromatic carbocycles. The summed E-state index contributed by atoms with van der Waals surface area (Å²) in [5.74, 6) is -1.05. The van der Waals surface area contributed by atoms with Crippen molar-refractivity contribution >= 4 is 33.2 Å². The van der Waals surface area contributed by atoms with Gasteiger partial charge in [0.15, 0.2) is 5.82 Å². The van der Waals surface area contributed by atoms with Gasteiger partial charge in [0.2, 0.25) is 0 Å². The maximum atomic E-state index is 10.9. The molecule has 5 nitrogen and oxygen atoms in total. The monoisotopic (exact) mass is 255 g/mol. The van der Waals surface area contributed by atoms with E-state index in [9.17, 15) is 4.79 Å². The maximum Gasteiger partial charge on any atom is 0.341 e. The van der Waals surface area contributed by atoms with Crippen molar-refractivity contribution in [2.75, 3.05) is 5.73 Å². The number of hydrogen-bond donors (Lipinski definition) is 2. The number of carboxylic acids is 1. The van der Waals surface area contributed by atoms with Crippen LogP contribution in [0.1, 0.15) is 10.4 Å². The number of aromatic carboxylic acids is 1. The molecule has 0 bridgehead atoms. The number of pyridine rings is 1. The molecular formula is C8H6BrN3O2. The number of carbonyl (C=O) groups is 1. The second-order valence-corrected chi connectivity index (χ2v) is 3.66. The lowest BCUT2D eigenvalue weighted by Gasteiger charge is -1.94. The molecule has 14 heavy (non-hydrogen) atoms. The summed E-state index contributed by atoms with van der Waals surface area (Å²) in [6.07, 6.45) is 1.64. The Morgan fingerprint density at radius 1 is 1.64 bits per heavy atom. The normalized spacial score (nSPS) is 10.6. The highest BCUT2D eigenvalue weighted by atomic mass is 79.9. The Morgan fingerprint density at radius 3 is 3.00 bits per heavy atom. The van der Waals surface area contributed by atoms with Gasteiger partial charge < -0.3 is 10.8 Å². The number of halogens is 1. The van der Waals surface area contributed by atoms with E-state index in [-0.39, 0.29) is 11.4 Å². The largest absolute Gasteiger partial charge is 0.477 e. The highest BCUT2D eigenvalue weighted by Crippen LogP contribution is 2.20. The molecule has 0 spiro atoms. The molecule has 2 rings (SSSR count). The lowest BCUT2D eigenvalue weighted by atomic mass is 10.2. The Labute approximate surface area is 87.3 Å². The van der Waals surface area contributed by atoms with Crippen molar-refractivity contribution in [2.45, 2.75) is 0 Å². The SMILES string of the molecule is Nc1nn2ccc(Br)cc2c1C(=O)O. The first-order valence-corrected chi connectivity index (χ1v) is 4.55. The first kappa shape index (κ1) is 9.01. The number of anilines is 1. The minimum Gasteiger partial charge on any atom is -0.477 e.